The van der Waals surface area contributed by atoms with E-state index in [-0.39, 0.29) is 6.09 Å². The number of ether oxygens (including phenoxy) is 1. The Kier molecular flexibility index (Phi) is 7.58. The van der Waals surface area contributed by atoms with Gasteiger partial charge in [0.15, 0.2) is 5.76 Å². The van der Waals surface area contributed by atoms with Gasteiger partial charge in [-0.15, -0.1) is 5.54 Å². The van der Waals surface area contributed by atoms with Crippen molar-refractivity contribution in [1.29, 1.82) is 0 Å². The van der Waals surface area contributed by atoms with E-state index in [0.29, 0.717) is 13.1 Å². The van der Waals surface area contributed by atoms with E-state index in [1.165, 1.54) is 0 Å². The van der Waals surface area contributed by atoms with Crippen molar-refractivity contribution in [2.75, 3.05) is 13.1 Å². The van der Waals surface area contributed by atoms with E-state index >= 15 is 0 Å². The summed E-state index contributed by atoms with van der Waals surface area (Å²) in [7, 11) is -1.38. The second-order valence-electron chi connectivity index (χ2n) is 7.72. The molecule has 0 fully saturated rings. The lowest BCUT2D eigenvalue weighted by molar-refractivity contribution is 0.0527. The Morgan fingerprint density at radius 2 is 1.96 bits per heavy atom. The van der Waals surface area contributed by atoms with Gasteiger partial charge in [0.25, 0.3) is 0 Å². The fourth-order valence-electron chi connectivity index (χ4n) is 1.72. The fraction of sp³-hybridized carbons (Fsp3) is 0.611. The first-order chi connectivity index (χ1) is 11.1. The molecule has 6 heteroatoms. The van der Waals surface area contributed by atoms with Crippen LogP contribution in [0.5, 0.6) is 0 Å². The molecule has 0 aliphatic rings. The first kappa shape index (κ1) is 20.3. The van der Waals surface area contributed by atoms with Crippen molar-refractivity contribution in [3.8, 4) is 11.5 Å². The molecular formula is C18H30N2O3Si. The van der Waals surface area contributed by atoms with Gasteiger partial charge in [-0.2, -0.15) is 0 Å². The van der Waals surface area contributed by atoms with Crippen molar-refractivity contribution in [3.63, 3.8) is 0 Å². The molecule has 0 spiro atoms. The molecule has 24 heavy (non-hydrogen) atoms. The fourth-order valence-corrected chi connectivity index (χ4v) is 2.22. The van der Waals surface area contributed by atoms with Crippen LogP contribution >= 0.6 is 0 Å². The van der Waals surface area contributed by atoms with Crippen molar-refractivity contribution in [1.82, 2.24) is 10.6 Å². The van der Waals surface area contributed by atoms with E-state index in [1.807, 2.05) is 32.9 Å². The Morgan fingerprint density at radius 1 is 1.25 bits per heavy atom. The predicted molar refractivity (Wildman–Crippen MR) is 99.5 cm³/mol. The quantitative estimate of drug-likeness (QED) is 0.468. The molecule has 0 atom stereocenters. The van der Waals surface area contributed by atoms with Gasteiger partial charge in [0.2, 0.25) is 0 Å². The molecule has 0 aliphatic heterocycles. The summed E-state index contributed by atoms with van der Waals surface area (Å²) in [6.45, 7) is 14.2. The molecule has 5 nitrogen and oxygen atoms in total. The van der Waals surface area contributed by atoms with Crippen molar-refractivity contribution >= 4 is 14.2 Å². The second kappa shape index (κ2) is 8.95. The van der Waals surface area contributed by atoms with Crippen LogP contribution in [-0.2, 0) is 11.3 Å². The summed E-state index contributed by atoms with van der Waals surface area (Å²) in [6.07, 6.45) is 0.446. The first-order valence-electron chi connectivity index (χ1n) is 8.35. The number of furan rings is 1. The number of rotatable bonds is 6. The first-order valence-corrected chi connectivity index (χ1v) is 11.8. The smallest absolute Gasteiger partial charge is 0.407 e. The van der Waals surface area contributed by atoms with E-state index in [9.17, 15) is 4.79 Å². The molecule has 1 heterocycles. The van der Waals surface area contributed by atoms with Gasteiger partial charge in [0.05, 0.1) is 6.54 Å². The van der Waals surface area contributed by atoms with E-state index < -0.39 is 13.7 Å². The van der Waals surface area contributed by atoms with Gasteiger partial charge >= 0.3 is 6.09 Å². The van der Waals surface area contributed by atoms with Crippen LogP contribution in [0.3, 0.4) is 0 Å². The average molecular weight is 351 g/mol. The summed E-state index contributed by atoms with van der Waals surface area (Å²) in [5, 5.41) is 6.02. The standard InChI is InChI=1S/C18H30N2O3Si/c1-18(2,3)23-17(21)20-12-7-11-19-14-16-9-8-15(22-16)10-13-24(4,5)6/h8-9,19H,7,11-12,14H2,1-6H3,(H,20,21). The SMILES string of the molecule is CC(C)(C)OC(=O)NCCCNCc1ccc(C#C[Si](C)(C)C)o1. The van der Waals surface area contributed by atoms with Crippen LogP contribution in [0.2, 0.25) is 19.6 Å². The molecule has 2 N–H and O–H groups in total. The largest absolute Gasteiger partial charge is 0.451 e. The predicted octanol–water partition coefficient (Wildman–Crippen LogP) is 3.51. The molecule has 1 aromatic rings. The van der Waals surface area contributed by atoms with E-state index in [2.05, 4.69) is 41.7 Å². The van der Waals surface area contributed by atoms with Gasteiger partial charge in [-0.25, -0.2) is 4.79 Å². The molecule has 0 bridgehead atoms. The molecule has 0 saturated heterocycles. The molecule has 1 aromatic heterocycles. The molecule has 0 saturated carbocycles. The van der Waals surface area contributed by atoms with Gasteiger partial charge in [-0.05, 0) is 51.8 Å². The maximum atomic E-state index is 11.5. The van der Waals surface area contributed by atoms with Crippen LogP contribution in [0.1, 0.15) is 38.7 Å². The number of carbonyl (C=O) groups is 1. The molecule has 0 unspecified atom stereocenters. The van der Waals surface area contributed by atoms with Crippen LogP contribution in [0.25, 0.3) is 0 Å². The highest BCUT2D eigenvalue weighted by Gasteiger charge is 2.15. The number of hydrogen-bond acceptors (Lipinski definition) is 4. The van der Waals surface area contributed by atoms with Gasteiger partial charge in [-0.3, -0.25) is 0 Å². The average Bonchev–Trinajstić information content (AvgIpc) is 2.85. The summed E-state index contributed by atoms with van der Waals surface area (Å²) in [5.74, 6) is 4.70. The number of amides is 1. The van der Waals surface area contributed by atoms with E-state index in [0.717, 1.165) is 24.5 Å². The summed E-state index contributed by atoms with van der Waals surface area (Å²) in [5.41, 5.74) is 2.82. The van der Waals surface area contributed by atoms with Gasteiger partial charge in [-0.1, -0.05) is 19.6 Å². The minimum Gasteiger partial charge on any atom is -0.451 e. The molecule has 0 radical (unpaired) electrons. The van der Waals surface area contributed by atoms with Crippen molar-refractivity contribution in [2.24, 2.45) is 0 Å². The third-order valence-electron chi connectivity index (χ3n) is 2.72. The molecular weight excluding hydrogens is 320 g/mol. The van der Waals surface area contributed by atoms with Crippen LogP contribution in [0, 0.1) is 11.5 Å². The Labute approximate surface area is 146 Å². The van der Waals surface area contributed by atoms with Crippen LogP contribution in [-0.4, -0.2) is 32.9 Å². The zero-order chi connectivity index (χ0) is 18.2. The highest BCUT2D eigenvalue weighted by Crippen LogP contribution is 2.08. The summed E-state index contributed by atoms with van der Waals surface area (Å²) in [4.78, 5) is 11.5. The van der Waals surface area contributed by atoms with Crippen LogP contribution in [0.15, 0.2) is 16.5 Å². The van der Waals surface area contributed by atoms with Gasteiger partial charge < -0.3 is 19.8 Å². The molecule has 134 valence electrons. The summed E-state index contributed by atoms with van der Waals surface area (Å²) >= 11 is 0. The Hall–Kier alpha value is -1.71. The summed E-state index contributed by atoms with van der Waals surface area (Å²) in [6, 6.07) is 3.86. The maximum Gasteiger partial charge on any atom is 0.407 e. The zero-order valence-electron chi connectivity index (χ0n) is 15.7. The highest BCUT2D eigenvalue weighted by molar-refractivity contribution is 6.83. The molecule has 1 rings (SSSR count). The summed E-state index contributed by atoms with van der Waals surface area (Å²) < 4.78 is 10.8. The monoisotopic (exact) mass is 350 g/mol. The topological polar surface area (TPSA) is 63.5 Å². The zero-order valence-corrected chi connectivity index (χ0v) is 16.7. The number of alkyl carbamates (subject to hydrolysis) is 1. The number of nitrogens with one attached hydrogen (secondary N) is 2. The number of hydrogen-bond donors (Lipinski definition) is 2. The maximum absolute atomic E-state index is 11.5. The Morgan fingerprint density at radius 3 is 2.58 bits per heavy atom. The normalized spacial score (nSPS) is 11.6. The molecule has 0 aliphatic carbocycles. The third-order valence-corrected chi connectivity index (χ3v) is 3.60. The highest BCUT2D eigenvalue weighted by atomic mass is 28.3. The van der Waals surface area contributed by atoms with E-state index in [4.69, 9.17) is 9.15 Å². The third kappa shape index (κ3) is 10.1. The van der Waals surface area contributed by atoms with Crippen LogP contribution in [0.4, 0.5) is 4.79 Å². The van der Waals surface area contributed by atoms with E-state index in [1.54, 1.807) is 0 Å². The lowest BCUT2D eigenvalue weighted by Crippen LogP contribution is -2.33. The molecule has 1 amide bonds. The lowest BCUT2D eigenvalue weighted by Gasteiger charge is -2.19. The number of carbonyl (C=O) groups excluding carboxylic acids is 1. The van der Waals surface area contributed by atoms with Crippen molar-refractivity contribution in [3.05, 3.63) is 23.7 Å². The van der Waals surface area contributed by atoms with Gasteiger partial charge in [0, 0.05) is 6.54 Å². The Bertz CT molecular complexity index is 586. The minimum atomic E-state index is -1.38. The molecule has 0 aromatic carbocycles. The lowest BCUT2D eigenvalue weighted by atomic mass is 10.2. The van der Waals surface area contributed by atoms with Crippen molar-refractivity contribution < 1.29 is 13.9 Å². The minimum absolute atomic E-state index is 0.376. The van der Waals surface area contributed by atoms with Crippen molar-refractivity contribution in [2.45, 2.75) is 59.0 Å². The van der Waals surface area contributed by atoms with Gasteiger partial charge in [0.1, 0.15) is 19.4 Å². The van der Waals surface area contributed by atoms with Crippen LogP contribution < -0.4 is 10.6 Å². The second-order valence-corrected chi connectivity index (χ2v) is 12.5. The Balaban J connectivity index is 2.19.